The standard InChI is InChI=1S/C9H13N3O/c1-6-9(11-3-2-10-6)12-8-4-7(8)5-13/h2-3,7-8,13H,4-5H2,1H3,(H,11,12)/t7-,8+/m0/s1. The molecule has 2 rings (SSSR count). The molecule has 1 heterocycles. The summed E-state index contributed by atoms with van der Waals surface area (Å²) in [4.78, 5) is 8.30. The molecule has 0 unspecified atom stereocenters. The summed E-state index contributed by atoms with van der Waals surface area (Å²) in [5.74, 6) is 1.24. The maximum atomic E-state index is 8.85. The van der Waals surface area contributed by atoms with E-state index in [4.69, 9.17) is 5.11 Å². The largest absolute Gasteiger partial charge is 0.396 e. The van der Waals surface area contributed by atoms with Crippen molar-refractivity contribution in [1.29, 1.82) is 0 Å². The Morgan fingerprint density at radius 2 is 2.31 bits per heavy atom. The van der Waals surface area contributed by atoms with Gasteiger partial charge in [0, 0.05) is 31.0 Å². The second-order valence-corrected chi connectivity index (χ2v) is 3.42. The van der Waals surface area contributed by atoms with Gasteiger partial charge in [-0.05, 0) is 13.3 Å². The first-order valence-electron chi connectivity index (χ1n) is 4.46. The Balaban J connectivity index is 1.99. The van der Waals surface area contributed by atoms with Crippen molar-refractivity contribution in [3.8, 4) is 0 Å². The number of hydrogen-bond acceptors (Lipinski definition) is 4. The van der Waals surface area contributed by atoms with Gasteiger partial charge < -0.3 is 10.4 Å². The average Bonchev–Trinajstić information content (AvgIpc) is 2.88. The van der Waals surface area contributed by atoms with Crippen LogP contribution in [0.15, 0.2) is 12.4 Å². The fourth-order valence-corrected chi connectivity index (χ4v) is 1.35. The van der Waals surface area contributed by atoms with E-state index in [1.807, 2.05) is 6.92 Å². The Labute approximate surface area is 77.0 Å². The van der Waals surface area contributed by atoms with Crippen LogP contribution >= 0.6 is 0 Å². The highest BCUT2D eigenvalue weighted by molar-refractivity contribution is 5.41. The molecule has 0 saturated heterocycles. The molecule has 4 heteroatoms. The third kappa shape index (κ3) is 1.78. The highest BCUT2D eigenvalue weighted by atomic mass is 16.3. The van der Waals surface area contributed by atoms with Gasteiger partial charge in [0.2, 0.25) is 0 Å². The van der Waals surface area contributed by atoms with Crippen LogP contribution in [-0.4, -0.2) is 27.7 Å². The number of nitrogens with zero attached hydrogens (tertiary/aromatic N) is 2. The molecule has 0 spiro atoms. The Morgan fingerprint density at radius 1 is 1.54 bits per heavy atom. The third-order valence-electron chi connectivity index (χ3n) is 2.36. The van der Waals surface area contributed by atoms with Crippen LogP contribution in [0.3, 0.4) is 0 Å². The minimum atomic E-state index is 0.261. The molecule has 1 aromatic rings. The molecule has 2 atom stereocenters. The van der Waals surface area contributed by atoms with Gasteiger partial charge in [-0.1, -0.05) is 0 Å². The first-order chi connectivity index (χ1) is 6.31. The van der Waals surface area contributed by atoms with Gasteiger partial charge in [0.1, 0.15) is 5.82 Å². The molecule has 0 aromatic carbocycles. The summed E-state index contributed by atoms with van der Waals surface area (Å²) in [7, 11) is 0. The minimum absolute atomic E-state index is 0.261. The van der Waals surface area contributed by atoms with E-state index in [1.54, 1.807) is 12.4 Å². The lowest BCUT2D eigenvalue weighted by atomic mass is 10.4. The Morgan fingerprint density at radius 3 is 2.92 bits per heavy atom. The van der Waals surface area contributed by atoms with Gasteiger partial charge in [-0.3, -0.25) is 4.98 Å². The summed E-state index contributed by atoms with van der Waals surface area (Å²) >= 11 is 0. The van der Waals surface area contributed by atoms with Gasteiger partial charge in [-0.25, -0.2) is 4.98 Å². The monoisotopic (exact) mass is 179 g/mol. The van der Waals surface area contributed by atoms with Crippen LogP contribution in [0.2, 0.25) is 0 Å². The maximum absolute atomic E-state index is 8.85. The van der Waals surface area contributed by atoms with Gasteiger partial charge in [-0.2, -0.15) is 0 Å². The number of aromatic nitrogens is 2. The van der Waals surface area contributed by atoms with Gasteiger partial charge in [0.15, 0.2) is 0 Å². The number of aliphatic hydroxyl groups excluding tert-OH is 1. The molecule has 70 valence electrons. The number of aliphatic hydroxyl groups is 1. The topological polar surface area (TPSA) is 58.0 Å². The molecule has 0 aliphatic heterocycles. The van der Waals surface area contributed by atoms with E-state index in [0.717, 1.165) is 17.9 Å². The quantitative estimate of drug-likeness (QED) is 0.712. The Hall–Kier alpha value is -1.16. The van der Waals surface area contributed by atoms with Gasteiger partial charge in [-0.15, -0.1) is 0 Å². The van der Waals surface area contributed by atoms with Crippen molar-refractivity contribution in [2.75, 3.05) is 11.9 Å². The van der Waals surface area contributed by atoms with Crippen LogP contribution in [0.25, 0.3) is 0 Å². The molecule has 0 radical (unpaired) electrons. The molecule has 0 bridgehead atoms. The van der Waals surface area contributed by atoms with Gasteiger partial charge in [0.05, 0.1) is 5.69 Å². The predicted molar refractivity (Wildman–Crippen MR) is 49.4 cm³/mol. The summed E-state index contributed by atoms with van der Waals surface area (Å²) in [5, 5.41) is 12.1. The molecular weight excluding hydrogens is 166 g/mol. The first-order valence-corrected chi connectivity index (χ1v) is 4.46. The number of rotatable bonds is 3. The maximum Gasteiger partial charge on any atom is 0.147 e. The fourth-order valence-electron chi connectivity index (χ4n) is 1.35. The average molecular weight is 179 g/mol. The molecule has 2 N–H and O–H groups in total. The minimum Gasteiger partial charge on any atom is -0.396 e. The van der Waals surface area contributed by atoms with Crippen molar-refractivity contribution in [2.24, 2.45) is 5.92 Å². The van der Waals surface area contributed by atoms with Crippen molar-refractivity contribution < 1.29 is 5.11 Å². The van der Waals surface area contributed by atoms with Gasteiger partial charge >= 0.3 is 0 Å². The molecule has 4 nitrogen and oxygen atoms in total. The van der Waals surface area contributed by atoms with E-state index in [2.05, 4.69) is 15.3 Å². The predicted octanol–water partition coefficient (Wildman–Crippen LogP) is 0.578. The first kappa shape index (κ1) is 8.44. The van der Waals surface area contributed by atoms with Gasteiger partial charge in [0.25, 0.3) is 0 Å². The second-order valence-electron chi connectivity index (χ2n) is 3.42. The van der Waals surface area contributed by atoms with Crippen LogP contribution in [0.4, 0.5) is 5.82 Å². The second kappa shape index (κ2) is 3.30. The lowest BCUT2D eigenvalue weighted by Crippen LogP contribution is -2.09. The number of hydrogen-bond donors (Lipinski definition) is 2. The van der Waals surface area contributed by atoms with Crippen molar-refractivity contribution in [3.63, 3.8) is 0 Å². The number of aryl methyl sites for hydroxylation is 1. The van der Waals surface area contributed by atoms with Crippen molar-refractivity contribution in [2.45, 2.75) is 19.4 Å². The van der Waals surface area contributed by atoms with E-state index in [1.165, 1.54) is 0 Å². The van der Waals surface area contributed by atoms with E-state index in [9.17, 15) is 0 Å². The van der Waals surface area contributed by atoms with Crippen molar-refractivity contribution >= 4 is 5.82 Å². The lowest BCUT2D eigenvalue weighted by molar-refractivity contribution is 0.275. The summed E-state index contributed by atoms with van der Waals surface area (Å²) in [6, 6.07) is 0.389. The summed E-state index contributed by atoms with van der Waals surface area (Å²) in [6.07, 6.45) is 4.38. The van der Waals surface area contributed by atoms with Crippen LogP contribution in [0.5, 0.6) is 0 Å². The Kier molecular flexibility index (Phi) is 2.14. The highest BCUT2D eigenvalue weighted by Crippen LogP contribution is 2.32. The normalized spacial score (nSPS) is 25.7. The van der Waals surface area contributed by atoms with Crippen molar-refractivity contribution in [1.82, 2.24) is 9.97 Å². The number of nitrogens with one attached hydrogen (secondary N) is 1. The fraction of sp³-hybridized carbons (Fsp3) is 0.556. The lowest BCUT2D eigenvalue weighted by Gasteiger charge is -2.05. The summed E-state index contributed by atoms with van der Waals surface area (Å²) in [5.41, 5.74) is 0.908. The van der Waals surface area contributed by atoms with Crippen LogP contribution in [0.1, 0.15) is 12.1 Å². The van der Waals surface area contributed by atoms with E-state index < -0.39 is 0 Å². The molecule has 1 aliphatic rings. The molecular formula is C9H13N3O. The Bertz CT molecular complexity index is 303. The molecule has 1 aliphatic carbocycles. The summed E-state index contributed by atoms with van der Waals surface area (Å²) < 4.78 is 0. The third-order valence-corrected chi connectivity index (χ3v) is 2.36. The summed E-state index contributed by atoms with van der Waals surface area (Å²) in [6.45, 7) is 2.18. The zero-order valence-corrected chi connectivity index (χ0v) is 7.57. The SMILES string of the molecule is Cc1nccnc1N[C@@H]1C[C@H]1CO. The van der Waals surface area contributed by atoms with Crippen LogP contribution in [0, 0.1) is 12.8 Å². The van der Waals surface area contributed by atoms with Crippen LogP contribution < -0.4 is 5.32 Å². The molecule has 13 heavy (non-hydrogen) atoms. The number of anilines is 1. The van der Waals surface area contributed by atoms with E-state index in [0.29, 0.717) is 12.0 Å². The molecule has 0 amide bonds. The zero-order valence-electron chi connectivity index (χ0n) is 7.57. The molecule has 1 saturated carbocycles. The van der Waals surface area contributed by atoms with Crippen molar-refractivity contribution in [3.05, 3.63) is 18.1 Å². The smallest absolute Gasteiger partial charge is 0.147 e. The van der Waals surface area contributed by atoms with Crippen LogP contribution in [-0.2, 0) is 0 Å². The zero-order chi connectivity index (χ0) is 9.26. The van der Waals surface area contributed by atoms with E-state index in [-0.39, 0.29) is 6.61 Å². The molecule has 1 fully saturated rings. The highest BCUT2D eigenvalue weighted by Gasteiger charge is 2.36. The molecule has 1 aromatic heterocycles. The van der Waals surface area contributed by atoms with E-state index >= 15 is 0 Å².